The maximum absolute atomic E-state index is 13.9. The van der Waals surface area contributed by atoms with Crippen LogP contribution in [0.4, 0.5) is 0 Å². The maximum atomic E-state index is 13.9. The molecule has 176 valence electrons. The van der Waals surface area contributed by atoms with Gasteiger partial charge in [-0.3, -0.25) is 14.4 Å². The number of fused-ring (bicyclic) bond motifs is 1. The van der Waals surface area contributed by atoms with E-state index in [2.05, 4.69) is 38.3 Å². The van der Waals surface area contributed by atoms with Crippen LogP contribution < -0.4 is 10.6 Å². The molecule has 3 amide bonds. The van der Waals surface area contributed by atoms with Gasteiger partial charge in [-0.15, -0.1) is 11.8 Å². The first-order valence-corrected chi connectivity index (χ1v) is 12.6. The van der Waals surface area contributed by atoms with E-state index in [1.165, 1.54) is 0 Å². The number of likely N-dealkylation sites (tertiary alicyclic amines) is 1. The smallest absolute Gasteiger partial charge is 0.244 e. The fraction of sp³-hybridized carbons (Fsp3) is 0.870. The zero-order valence-corrected chi connectivity index (χ0v) is 20.4. The number of hydrogen-bond donors (Lipinski definition) is 3. The van der Waals surface area contributed by atoms with Gasteiger partial charge < -0.3 is 20.6 Å². The highest BCUT2D eigenvalue weighted by molar-refractivity contribution is 8.02. The first-order valence-electron chi connectivity index (χ1n) is 11.8. The molecule has 2 unspecified atom stereocenters. The molecule has 31 heavy (non-hydrogen) atoms. The monoisotopic (exact) mass is 453 g/mol. The number of aliphatic hydroxyl groups excluding tert-OH is 1. The standard InChI is InChI=1S/C23H39N3O4S/c1-6-7-8-11-25-20(29)18-23-10-9-22(4,31-23)16(19(28)24-5)17(23)21(30)26(18)15(13-27)12-14(2)3/h14-18,27H,6-13H2,1-5H3,(H,24,28)(H,25,29)/t15-,16-,17+,18?,22+,23?/m1/s1. The zero-order chi connectivity index (χ0) is 23.0. The molecule has 6 atom stereocenters. The van der Waals surface area contributed by atoms with Gasteiger partial charge in [-0.2, -0.15) is 0 Å². The first kappa shape index (κ1) is 24.4. The van der Waals surface area contributed by atoms with Crippen molar-refractivity contribution in [2.75, 3.05) is 20.2 Å². The first-order chi connectivity index (χ1) is 14.7. The summed E-state index contributed by atoms with van der Waals surface area (Å²) in [4.78, 5) is 42.0. The lowest BCUT2D eigenvalue weighted by Crippen LogP contribution is -2.56. The highest BCUT2D eigenvalue weighted by Crippen LogP contribution is 2.71. The number of nitrogens with zero attached hydrogens (tertiary/aromatic N) is 1. The van der Waals surface area contributed by atoms with Crippen molar-refractivity contribution in [3.63, 3.8) is 0 Å². The van der Waals surface area contributed by atoms with Crippen LogP contribution in [-0.2, 0) is 14.4 Å². The third-order valence-corrected chi connectivity index (χ3v) is 9.40. The molecule has 2 bridgehead atoms. The molecule has 0 saturated carbocycles. The van der Waals surface area contributed by atoms with Gasteiger partial charge in [-0.25, -0.2) is 0 Å². The number of hydrogen-bond acceptors (Lipinski definition) is 5. The van der Waals surface area contributed by atoms with Gasteiger partial charge in [0.2, 0.25) is 17.7 Å². The Morgan fingerprint density at radius 2 is 1.97 bits per heavy atom. The van der Waals surface area contributed by atoms with E-state index >= 15 is 0 Å². The normalized spacial score (nSPS) is 34.9. The Bertz CT molecular complexity index is 717. The second-order valence-electron chi connectivity index (χ2n) is 10.1. The summed E-state index contributed by atoms with van der Waals surface area (Å²) in [5.41, 5.74) is 0. The molecule has 3 fully saturated rings. The highest BCUT2D eigenvalue weighted by atomic mass is 32.2. The second kappa shape index (κ2) is 9.30. The van der Waals surface area contributed by atoms with Gasteiger partial charge in [0, 0.05) is 18.3 Å². The summed E-state index contributed by atoms with van der Waals surface area (Å²) in [6.45, 7) is 8.69. The number of thioether (sulfide) groups is 1. The van der Waals surface area contributed by atoms with Crippen molar-refractivity contribution in [3.05, 3.63) is 0 Å². The number of nitrogens with one attached hydrogen (secondary N) is 2. The summed E-state index contributed by atoms with van der Waals surface area (Å²) in [6, 6.07) is -1.07. The van der Waals surface area contributed by atoms with Crippen molar-refractivity contribution in [1.82, 2.24) is 15.5 Å². The minimum absolute atomic E-state index is 0.122. The molecular formula is C23H39N3O4S. The van der Waals surface area contributed by atoms with Crippen LogP contribution in [-0.4, -0.2) is 69.5 Å². The Labute approximate surface area is 190 Å². The molecule has 3 aliphatic heterocycles. The summed E-state index contributed by atoms with van der Waals surface area (Å²) in [6.07, 6.45) is 5.18. The molecule has 3 rings (SSSR count). The van der Waals surface area contributed by atoms with Gasteiger partial charge in [0.1, 0.15) is 6.04 Å². The molecule has 0 aromatic heterocycles. The number of carbonyl (C=O) groups is 3. The molecule has 0 radical (unpaired) electrons. The number of rotatable bonds is 10. The molecule has 3 N–H and O–H groups in total. The van der Waals surface area contributed by atoms with E-state index in [4.69, 9.17) is 0 Å². The Morgan fingerprint density at radius 1 is 1.26 bits per heavy atom. The molecule has 0 aliphatic carbocycles. The third-order valence-electron chi connectivity index (χ3n) is 7.42. The van der Waals surface area contributed by atoms with Crippen molar-refractivity contribution in [2.24, 2.45) is 17.8 Å². The molecule has 0 aromatic carbocycles. The van der Waals surface area contributed by atoms with Crippen LogP contribution in [0.5, 0.6) is 0 Å². The van der Waals surface area contributed by atoms with E-state index in [0.29, 0.717) is 13.0 Å². The lowest BCUT2D eigenvalue weighted by atomic mass is 9.66. The van der Waals surface area contributed by atoms with Gasteiger partial charge in [-0.05, 0) is 38.5 Å². The summed E-state index contributed by atoms with van der Waals surface area (Å²) < 4.78 is -0.956. The largest absolute Gasteiger partial charge is 0.394 e. The minimum atomic E-state index is -0.649. The van der Waals surface area contributed by atoms with E-state index in [-0.39, 0.29) is 35.0 Å². The van der Waals surface area contributed by atoms with Crippen molar-refractivity contribution in [2.45, 2.75) is 87.8 Å². The SMILES string of the molecule is CCCCCNC(=O)C1N([C@@H](CO)CC(C)C)C(=O)[C@@H]2[C@H](C(=O)NC)[C@]3(C)CCC12S3. The van der Waals surface area contributed by atoms with Crippen LogP contribution in [0.3, 0.4) is 0 Å². The Balaban J connectivity index is 2.00. The Kier molecular flexibility index (Phi) is 7.31. The van der Waals surface area contributed by atoms with Gasteiger partial charge in [0.25, 0.3) is 0 Å². The predicted molar refractivity (Wildman–Crippen MR) is 123 cm³/mol. The van der Waals surface area contributed by atoms with Crippen LogP contribution in [0.15, 0.2) is 0 Å². The quantitative estimate of drug-likeness (QED) is 0.439. The van der Waals surface area contributed by atoms with Crippen LogP contribution in [0, 0.1) is 17.8 Å². The molecule has 3 saturated heterocycles. The molecule has 1 spiro atoms. The van der Waals surface area contributed by atoms with Crippen LogP contribution >= 0.6 is 11.8 Å². The average Bonchev–Trinajstić information content (AvgIpc) is 3.29. The number of amides is 3. The third kappa shape index (κ3) is 3.99. The van der Waals surface area contributed by atoms with E-state index in [1.54, 1.807) is 23.7 Å². The van der Waals surface area contributed by atoms with E-state index in [1.807, 2.05) is 0 Å². The second-order valence-corrected chi connectivity index (χ2v) is 11.9. The van der Waals surface area contributed by atoms with Gasteiger partial charge in [0.15, 0.2) is 0 Å². The van der Waals surface area contributed by atoms with Crippen molar-refractivity contribution in [3.8, 4) is 0 Å². The predicted octanol–water partition coefficient (Wildman–Crippen LogP) is 1.93. The lowest BCUT2D eigenvalue weighted by molar-refractivity contribution is -0.143. The maximum Gasteiger partial charge on any atom is 0.244 e. The van der Waals surface area contributed by atoms with E-state index in [9.17, 15) is 19.5 Å². The Morgan fingerprint density at radius 3 is 2.55 bits per heavy atom. The van der Waals surface area contributed by atoms with Gasteiger partial charge >= 0.3 is 0 Å². The molecule has 8 heteroatoms. The van der Waals surface area contributed by atoms with Gasteiger partial charge in [0.05, 0.1) is 29.2 Å². The summed E-state index contributed by atoms with van der Waals surface area (Å²) in [5.74, 6) is -1.11. The van der Waals surface area contributed by atoms with Crippen molar-refractivity contribution in [1.29, 1.82) is 0 Å². The van der Waals surface area contributed by atoms with Crippen molar-refractivity contribution >= 4 is 29.5 Å². The Hall–Kier alpha value is -1.28. The van der Waals surface area contributed by atoms with E-state index in [0.717, 1.165) is 32.1 Å². The number of carbonyl (C=O) groups excluding carboxylic acids is 3. The fourth-order valence-electron chi connectivity index (χ4n) is 6.12. The summed E-state index contributed by atoms with van der Waals surface area (Å²) in [5, 5.41) is 16.0. The topological polar surface area (TPSA) is 98.7 Å². The average molecular weight is 454 g/mol. The molecule has 0 aromatic rings. The molecule has 7 nitrogen and oxygen atoms in total. The van der Waals surface area contributed by atoms with E-state index < -0.39 is 28.7 Å². The zero-order valence-electron chi connectivity index (χ0n) is 19.6. The summed E-state index contributed by atoms with van der Waals surface area (Å²) >= 11 is 1.67. The number of aliphatic hydroxyl groups is 1. The molecule has 3 heterocycles. The summed E-state index contributed by atoms with van der Waals surface area (Å²) in [7, 11) is 1.61. The highest BCUT2D eigenvalue weighted by Gasteiger charge is 2.77. The van der Waals surface area contributed by atoms with Crippen LogP contribution in [0.2, 0.25) is 0 Å². The minimum Gasteiger partial charge on any atom is -0.394 e. The fourth-order valence-corrected chi connectivity index (χ4v) is 8.46. The molecular weight excluding hydrogens is 414 g/mol. The van der Waals surface area contributed by atoms with Gasteiger partial charge in [-0.1, -0.05) is 33.6 Å². The van der Waals surface area contributed by atoms with Crippen LogP contribution in [0.25, 0.3) is 0 Å². The van der Waals surface area contributed by atoms with Crippen LogP contribution in [0.1, 0.15) is 66.2 Å². The number of unbranched alkanes of at least 4 members (excludes halogenated alkanes) is 2. The molecule has 3 aliphatic rings. The lowest BCUT2D eigenvalue weighted by Gasteiger charge is -2.37. The van der Waals surface area contributed by atoms with Crippen molar-refractivity contribution < 1.29 is 19.5 Å².